The molecule has 0 saturated carbocycles. The van der Waals surface area contributed by atoms with Crippen LogP contribution in [-0.4, -0.2) is 13.0 Å². The number of rotatable bonds is 5. The molecule has 0 spiro atoms. The molecule has 0 radical (unpaired) electrons. The normalized spacial score (nSPS) is 10.2. The van der Waals surface area contributed by atoms with Crippen molar-refractivity contribution in [1.82, 2.24) is 5.32 Å². The molecular weight excluding hydrogens is 314 g/mol. The van der Waals surface area contributed by atoms with E-state index in [1.54, 1.807) is 31.3 Å². The van der Waals surface area contributed by atoms with E-state index in [2.05, 4.69) is 5.32 Å². The number of hydrogen-bond acceptors (Lipinski definition) is 3. The number of hydrogen-bond donors (Lipinski definition) is 1. The highest BCUT2D eigenvalue weighted by Gasteiger charge is 2.05. The van der Waals surface area contributed by atoms with Crippen LogP contribution in [0, 0.1) is 6.92 Å². The standard InChI is InChI=1S/C21H19NO3/c1-15-6-10-17(11-7-15)24-19-4-3-5-20(14-19)25-18-12-8-16(9-13-18)21(23)22-2/h3-14H,1-2H3,(H,22,23). The Balaban J connectivity index is 1.71. The summed E-state index contributed by atoms with van der Waals surface area (Å²) >= 11 is 0. The van der Waals surface area contributed by atoms with Crippen LogP contribution in [0.2, 0.25) is 0 Å². The predicted molar refractivity (Wildman–Crippen MR) is 97.6 cm³/mol. The Bertz CT molecular complexity index is 855. The van der Waals surface area contributed by atoms with Crippen LogP contribution in [0.15, 0.2) is 72.8 Å². The molecule has 0 aliphatic rings. The van der Waals surface area contributed by atoms with E-state index in [9.17, 15) is 4.79 Å². The second-order valence-corrected chi connectivity index (χ2v) is 5.60. The van der Waals surface area contributed by atoms with Crippen molar-refractivity contribution in [2.24, 2.45) is 0 Å². The monoisotopic (exact) mass is 333 g/mol. The molecule has 1 N–H and O–H groups in total. The van der Waals surface area contributed by atoms with Crippen molar-refractivity contribution in [2.75, 3.05) is 7.05 Å². The molecule has 4 heteroatoms. The highest BCUT2D eigenvalue weighted by molar-refractivity contribution is 5.94. The number of nitrogens with one attached hydrogen (secondary N) is 1. The fourth-order valence-corrected chi connectivity index (χ4v) is 2.30. The summed E-state index contributed by atoms with van der Waals surface area (Å²) in [6.07, 6.45) is 0. The molecule has 0 aliphatic heterocycles. The van der Waals surface area contributed by atoms with Gasteiger partial charge in [-0.2, -0.15) is 0 Å². The summed E-state index contributed by atoms with van der Waals surface area (Å²) in [6, 6.07) is 22.3. The minimum atomic E-state index is -0.125. The number of amides is 1. The summed E-state index contributed by atoms with van der Waals surface area (Å²) in [7, 11) is 1.60. The molecule has 3 rings (SSSR count). The zero-order valence-electron chi connectivity index (χ0n) is 14.2. The van der Waals surface area contributed by atoms with Crippen molar-refractivity contribution in [3.63, 3.8) is 0 Å². The average molecular weight is 333 g/mol. The van der Waals surface area contributed by atoms with Gasteiger partial charge in [0.15, 0.2) is 0 Å². The number of carbonyl (C=O) groups is 1. The molecule has 0 saturated heterocycles. The van der Waals surface area contributed by atoms with E-state index < -0.39 is 0 Å². The van der Waals surface area contributed by atoms with Crippen molar-refractivity contribution in [2.45, 2.75) is 6.92 Å². The molecule has 3 aromatic carbocycles. The highest BCUT2D eigenvalue weighted by Crippen LogP contribution is 2.28. The molecule has 126 valence electrons. The van der Waals surface area contributed by atoms with Gasteiger partial charge in [-0.1, -0.05) is 23.8 Å². The first-order chi connectivity index (χ1) is 12.1. The van der Waals surface area contributed by atoms with Gasteiger partial charge in [0.2, 0.25) is 0 Å². The van der Waals surface area contributed by atoms with Crippen molar-refractivity contribution in [3.05, 3.63) is 83.9 Å². The molecule has 0 heterocycles. The molecule has 4 nitrogen and oxygen atoms in total. The van der Waals surface area contributed by atoms with Crippen molar-refractivity contribution in [1.29, 1.82) is 0 Å². The third kappa shape index (κ3) is 4.38. The molecule has 0 aromatic heterocycles. The molecule has 1 amide bonds. The molecule has 3 aromatic rings. The Hall–Kier alpha value is -3.27. The lowest BCUT2D eigenvalue weighted by molar-refractivity contribution is 0.0963. The van der Waals surface area contributed by atoms with Crippen LogP contribution in [-0.2, 0) is 0 Å². The van der Waals surface area contributed by atoms with Crippen molar-refractivity contribution in [3.8, 4) is 23.0 Å². The predicted octanol–water partition coefficient (Wildman–Crippen LogP) is 4.94. The molecule has 0 fully saturated rings. The first-order valence-electron chi connectivity index (χ1n) is 7.98. The lowest BCUT2D eigenvalue weighted by Crippen LogP contribution is -2.17. The fourth-order valence-electron chi connectivity index (χ4n) is 2.30. The first kappa shape index (κ1) is 16.6. The zero-order chi connectivity index (χ0) is 17.6. The first-order valence-corrected chi connectivity index (χ1v) is 7.98. The van der Waals surface area contributed by atoms with Gasteiger partial charge in [-0.25, -0.2) is 0 Å². The minimum absolute atomic E-state index is 0.125. The SMILES string of the molecule is CNC(=O)c1ccc(Oc2cccc(Oc3ccc(C)cc3)c2)cc1. The Morgan fingerprint density at radius 2 is 1.28 bits per heavy atom. The lowest BCUT2D eigenvalue weighted by Gasteiger charge is -2.10. The van der Waals surface area contributed by atoms with Crippen molar-refractivity contribution < 1.29 is 14.3 Å². The lowest BCUT2D eigenvalue weighted by atomic mass is 10.2. The van der Waals surface area contributed by atoms with E-state index in [1.807, 2.05) is 55.5 Å². The third-order valence-corrected chi connectivity index (χ3v) is 3.64. The zero-order valence-corrected chi connectivity index (χ0v) is 14.2. The van der Waals surface area contributed by atoms with Gasteiger partial charge < -0.3 is 14.8 Å². The molecule has 0 bridgehead atoms. The van der Waals surface area contributed by atoms with Crippen LogP contribution in [0.1, 0.15) is 15.9 Å². The summed E-state index contributed by atoms with van der Waals surface area (Å²) < 4.78 is 11.7. The van der Waals surface area contributed by atoms with E-state index >= 15 is 0 Å². The maximum atomic E-state index is 11.6. The van der Waals surface area contributed by atoms with E-state index in [-0.39, 0.29) is 5.91 Å². The average Bonchev–Trinajstić information content (AvgIpc) is 2.64. The van der Waals surface area contributed by atoms with Crippen LogP contribution < -0.4 is 14.8 Å². The van der Waals surface area contributed by atoms with Gasteiger partial charge in [-0.3, -0.25) is 4.79 Å². The summed E-state index contributed by atoms with van der Waals surface area (Å²) in [5.74, 6) is 2.67. The Morgan fingerprint density at radius 1 is 0.760 bits per heavy atom. The molecular formula is C21H19NO3. The summed E-state index contributed by atoms with van der Waals surface area (Å²) in [5, 5.41) is 2.59. The highest BCUT2D eigenvalue weighted by atomic mass is 16.5. The van der Waals surface area contributed by atoms with Gasteiger partial charge in [0, 0.05) is 18.7 Å². The quantitative estimate of drug-likeness (QED) is 0.719. The molecule has 25 heavy (non-hydrogen) atoms. The molecule has 0 atom stereocenters. The maximum Gasteiger partial charge on any atom is 0.251 e. The minimum Gasteiger partial charge on any atom is -0.457 e. The van der Waals surface area contributed by atoms with E-state index in [0.29, 0.717) is 22.8 Å². The number of benzene rings is 3. The third-order valence-electron chi connectivity index (χ3n) is 3.64. The maximum absolute atomic E-state index is 11.6. The van der Waals surface area contributed by atoms with E-state index in [4.69, 9.17) is 9.47 Å². The van der Waals surface area contributed by atoms with Crippen LogP contribution >= 0.6 is 0 Å². The van der Waals surface area contributed by atoms with Crippen LogP contribution in [0.3, 0.4) is 0 Å². The van der Waals surface area contributed by atoms with Gasteiger partial charge in [-0.15, -0.1) is 0 Å². The van der Waals surface area contributed by atoms with Crippen LogP contribution in [0.5, 0.6) is 23.0 Å². The molecule has 0 aliphatic carbocycles. The van der Waals surface area contributed by atoms with Gasteiger partial charge in [-0.05, 0) is 55.5 Å². The van der Waals surface area contributed by atoms with Gasteiger partial charge in [0.25, 0.3) is 5.91 Å². The van der Waals surface area contributed by atoms with Gasteiger partial charge in [0.05, 0.1) is 0 Å². The largest absolute Gasteiger partial charge is 0.457 e. The topological polar surface area (TPSA) is 47.6 Å². The number of ether oxygens (including phenoxy) is 2. The summed E-state index contributed by atoms with van der Waals surface area (Å²) in [4.78, 5) is 11.6. The van der Waals surface area contributed by atoms with Gasteiger partial charge in [0.1, 0.15) is 23.0 Å². The number of aryl methyl sites for hydroxylation is 1. The summed E-state index contributed by atoms with van der Waals surface area (Å²) in [5.41, 5.74) is 1.77. The summed E-state index contributed by atoms with van der Waals surface area (Å²) in [6.45, 7) is 2.04. The molecule has 0 unspecified atom stereocenters. The van der Waals surface area contributed by atoms with E-state index in [1.165, 1.54) is 5.56 Å². The van der Waals surface area contributed by atoms with Crippen molar-refractivity contribution >= 4 is 5.91 Å². The Morgan fingerprint density at radius 3 is 1.80 bits per heavy atom. The van der Waals surface area contributed by atoms with Gasteiger partial charge >= 0.3 is 0 Å². The second kappa shape index (κ2) is 7.53. The fraction of sp³-hybridized carbons (Fsp3) is 0.0952. The number of carbonyl (C=O) groups excluding carboxylic acids is 1. The smallest absolute Gasteiger partial charge is 0.251 e. The van der Waals surface area contributed by atoms with Crippen LogP contribution in [0.4, 0.5) is 0 Å². The Labute approximate surface area is 147 Å². The second-order valence-electron chi connectivity index (χ2n) is 5.60. The Kier molecular flexibility index (Phi) is 5.00. The van der Waals surface area contributed by atoms with Crippen LogP contribution in [0.25, 0.3) is 0 Å². The van der Waals surface area contributed by atoms with E-state index in [0.717, 1.165) is 5.75 Å².